The van der Waals surface area contributed by atoms with Gasteiger partial charge in [-0.1, -0.05) is 6.07 Å². The smallest absolute Gasteiger partial charge is 0.335 e. The number of carbonyl (C=O) groups excluding carboxylic acids is 1. The number of phenolic OH excluding ortho intramolecular Hbond substituents is 1. The molecule has 1 saturated carbocycles. The lowest BCUT2D eigenvalue weighted by Gasteiger charge is -2.39. The summed E-state index contributed by atoms with van der Waals surface area (Å²) in [5, 5.41) is 59.7. The third-order valence-electron chi connectivity index (χ3n) is 7.00. The first-order chi connectivity index (χ1) is 18.5. The molecule has 0 saturated heterocycles. The van der Waals surface area contributed by atoms with E-state index in [9.17, 15) is 40.2 Å². The minimum absolute atomic E-state index is 0.0444. The maximum absolute atomic E-state index is 12.5. The van der Waals surface area contributed by atoms with Crippen molar-refractivity contribution in [2.24, 2.45) is 0 Å². The summed E-state index contributed by atoms with van der Waals surface area (Å²) < 4.78 is 21.9. The number of hydrogen-bond donors (Lipinski definition) is 6. The zero-order valence-corrected chi connectivity index (χ0v) is 21.2. The van der Waals surface area contributed by atoms with E-state index in [-0.39, 0.29) is 18.1 Å². The van der Waals surface area contributed by atoms with Gasteiger partial charge in [0.15, 0.2) is 28.6 Å². The minimum atomic E-state index is -2.35. The molecule has 1 aliphatic carbocycles. The van der Waals surface area contributed by atoms with Crippen LogP contribution >= 0.6 is 0 Å². The lowest BCUT2D eigenvalue weighted by molar-refractivity contribution is -0.196. The molecule has 12 nitrogen and oxygen atoms in total. The Hall–Kier alpha value is -3.84. The number of aromatic hydroxyl groups is 1. The van der Waals surface area contributed by atoms with Crippen molar-refractivity contribution in [3.63, 3.8) is 0 Å². The first-order valence-corrected chi connectivity index (χ1v) is 12.1. The first kappa shape index (κ1) is 28.2. The van der Waals surface area contributed by atoms with Crippen molar-refractivity contribution in [3.8, 4) is 23.0 Å². The number of ether oxygens (including phenoxy) is 4. The van der Waals surface area contributed by atoms with Gasteiger partial charge in [0.25, 0.3) is 0 Å². The van der Waals surface area contributed by atoms with Crippen LogP contribution in [0.3, 0.4) is 0 Å². The highest BCUT2D eigenvalue weighted by atomic mass is 16.6. The highest BCUT2D eigenvalue weighted by molar-refractivity contribution is 5.87. The highest BCUT2D eigenvalue weighted by Crippen LogP contribution is 2.51. The molecule has 0 aromatic heterocycles. The summed E-state index contributed by atoms with van der Waals surface area (Å²) in [4.78, 5) is 23.9. The number of hydrogen-bond acceptors (Lipinski definition) is 11. The standard InChI is InChI=1S/C27H30O12/c1-36-19-9-14(4-5-17(19)29)24-16(12-28)15-7-13(8-20(37-2)25(15)39-24)3-6-22(31)38-21-11-27(35,26(33)34)10-18(30)23(21)32/h3-9,16,18,21,23-24,28-30,32,35H,10-12H2,1-2H3,(H,33,34)/t16-,18-,21-,23-,24+,27-/m0/s1. The van der Waals surface area contributed by atoms with E-state index in [1.54, 1.807) is 24.3 Å². The van der Waals surface area contributed by atoms with Gasteiger partial charge in [0, 0.05) is 24.5 Å². The Morgan fingerprint density at radius 1 is 1.10 bits per heavy atom. The van der Waals surface area contributed by atoms with Crippen LogP contribution in [-0.4, -0.2) is 87.3 Å². The summed E-state index contributed by atoms with van der Waals surface area (Å²) in [5.74, 6) is -2.11. The largest absolute Gasteiger partial charge is 0.504 e. The van der Waals surface area contributed by atoms with Crippen LogP contribution in [0.1, 0.15) is 41.6 Å². The van der Waals surface area contributed by atoms with Crippen molar-refractivity contribution in [2.75, 3.05) is 20.8 Å². The van der Waals surface area contributed by atoms with Crippen LogP contribution in [0.25, 0.3) is 6.08 Å². The van der Waals surface area contributed by atoms with Gasteiger partial charge in [-0.15, -0.1) is 0 Å². The highest BCUT2D eigenvalue weighted by Gasteiger charge is 2.50. The predicted octanol–water partition coefficient (Wildman–Crippen LogP) is 0.875. The Bertz CT molecular complexity index is 1270. The Balaban J connectivity index is 1.55. The molecule has 1 heterocycles. The summed E-state index contributed by atoms with van der Waals surface area (Å²) in [6.45, 7) is -0.284. The number of rotatable bonds is 8. The summed E-state index contributed by atoms with van der Waals surface area (Å²) >= 11 is 0. The summed E-state index contributed by atoms with van der Waals surface area (Å²) in [7, 11) is 2.85. The lowest BCUT2D eigenvalue weighted by atomic mass is 9.79. The zero-order chi connectivity index (χ0) is 28.5. The number of carbonyl (C=O) groups is 2. The fourth-order valence-corrected chi connectivity index (χ4v) is 4.92. The second-order valence-electron chi connectivity index (χ2n) is 9.51. The molecule has 0 radical (unpaired) electrons. The molecule has 6 atom stereocenters. The van der Waals surface area contributed by atoms with Crippen LogP contribution < -0.4 is 14.2 Å². The molecule has 0 amide bonds. The van der Waals surface area contributed by atoms with Gasteiger partial charge in [0.05, 0.1) is 32.8 Å². The van der Waals surface area contributed by atoms with Crippen molar-refractivity contribution < 1.29 is 59.2 Å². The van der Waals surface area contributed by atoms with Crippen LogP contribution in [0.5, 0.6) is 23.0 Å². The molecular formula is C27H30O12. The van der Waals surface area contributed by atoms with E-state index in [1.807, 2.05) is 0 Å². The number of methoxy groups -OCH3 is 2. The van der Waals surface area contributed by atoms with E-state index < -0.39 is 60.7 Å². The third-order valence-corrected chi connectivity index (χ3v) is 7.00. The van der Waals surface area contributed by atoms with E-state index in [2.05, 4.69) is 0 Å². The van der Waals surface area contributed by atoms with E-state index in [0.29, 0.717) is 28.2 Å². The molecule has 210 valence electrons. The summed E-state index contributed by atoms with van der Waals surface area (Å²) in [5.41, 5.74) is -0.603. The van der Waals surface area contributed by atoms with Crippen molar-refractivity contribution in [2.45, 2.75) is 48.8 Å². The molecule has 2 aromatic rings. The Kier molecular flexibility index (Phi) is 8.02. The maximum Gasteiger partial charge on any atom is 0.335 e. The first-order valence-electron chi connectivity index (χ1n) is 12.1. The molecule has 4 rings (SSSR count). The molecule has 0 bridgehead atoms. The summed E-state index contributed by atoms with van der Waals surface area (Å²) in [6.07, 6.45) is -3.99. The minimum Gasteiger partial charge on any atom is -0.504 e. The number of aliphatic hydroxyl groups is 4. The van der Waals surface area contributed by atoms with E-state index in [1.165, 1.54) is 26.4 Å². The molecule has 12 heteroatoms. The molecular weight excluding hydrogens is 516 g/mol. The number of fused-ring (bicyclic) bond motifs is 1. The Labute approximate surface area is 223 Å². The van der Waals surface area contributed by atoms with Gasteiger partial charge in [-0.3, -0.25) is 0 Å². The van der Waals surface area contributed by atoms with Crippen LogP contribution in [-0.2, 0) is 14.3 Å². The summed E-state index contributed by atoms with van der Waals surface area (Å²) in [6, 6.07) is 8.02. The average molecular weight is 547 g/mol. The normalized spacial score (nSPS) is 28.0. The van der Waals surface area contributed by atoms with E-state index >= 15 is 0 Å². The van der Waals surface area contributed by atoms with Crippen molar-refractivity contribution >= 4 is 18.0 Å². The predicted molar refractivity (Wildman–Crippen MR) is 134 cm³/mol. The molecule has 0 unspecified atom stereocenters. The second-order valence-corrected chi connectivity index (χ2v) is 9.51. The van der Waals surface area contributed by atoms with Crippen molar-refractivity contribution in [1.82, 2.24) is 0 Å². The second kappa shape index (κ2) is 11.1. The van der Waals surface area contributed by atoms with Crippen LogP contribution in [0.4, 0.5) is 0 Å². The van der Waals surface area contributed by atoms with E-state index in [4.69, 9.17) is 18.9 Å². The number of esters is 1. The molecule has 2 aliphatic rings. The molecule has 2 aromatic carbocycles. The fourth-order valence-electron chi connectivity index (χ4n) is 4.92. The van der Waals surface area contributed by atoms with Crippen molar-refractivity contribution in [1.29, 1.82) is 0 Å². The van der Waals surface area contributed by atoms with Gasteiger partial charge in [-0.05, 0) is 41.5 Å². The van der Waals surface area contributed by atoms with E-state index in [0.717, 1.165) is 6.08 Å². The number of phenols is 1. The van der Waals surface area contributed by atoms with Crippen LogP contribution in [0.15, 0.2) is 36.4 Å². The number of carboxylic acid groups (broad SMARTS) is 1. The molecule has 0 spiro atoms. The Morgan fingerprint density at radius 2 is 1.82 bits per heavy atom. The number of aliphatic carboxylic acids is 1. The molecule has 1 fully saturated rings. The number of aliphatic hydroxyl groups excluding tert-OH is 3. The van der Waals surface area contributed by atoms with Crippen LogP contribution in [0.2, 0.25) is 0 Å². The SMILES string of the molecule is COc1cc([C@H]2Oc3c(OC)cc(C=CC(=O)O[C@H]4C[C@](O)(C(=O)O)C[C@H](O)[C@@H]4O)cc3[C@@H]2CO)ccc1O. The van der Waals surface area contributed by atoms with Gasteiger partial charge >= 0.3 is 11.9 Å². The Morgan fingerprint density at radius 3 is 2.46 bits per heavy atom. The van der Waals surface area contributed by atoms with Gasteiger partial charge in [-0.2, -0.15) is 0 Å². The number of carboxylic acids is 1. The van der Waals surface area contributed by atoms with Crippen LogP contribution in [0, 0.1) is 0 Å². The topological polar surface area (TPSA) is 192 Å². The fraction of sp³-hybridized carbons (Fsp3) is 0.407. The zero-order valence-electron chi connectivity index (χ0n) is 21.2. The van der Waals surface area contributed by atoms with Crippen molar-refractivity contribution in [3.05, 3.63) is 53.1 Å². The molecule has 39 heavy (non-hydrogen) atoms. The number of benzene rings is 2. The van der Waals surface area contributed by atoms with Gasteiger partial charge < -0.3 is 49.6 Å². The average Bonchev–Trinajstić information content (AvgIpc) is 3.28. The molecule has 1 aliphatic heterocycles. The third kappa shape index (κ3) is 5.50. The quantitative estimate of drug-likeness (QED) is 0.203. The van der Waals surface area contributed by atoms with Gasteiger partial charge in [0.2, 0.25) is 0 Å². The van der Waals surface area contributed by atoms with Gasteiger partial charge in [0.1, 0.15) is 18.3 Å². The lowest BCUT2D eigenvalue weighted by Crippen LogP contribution is -2.57. The monoisotopic (exact) mass is 546 g/mol. The maximum atomic E-state index is 12.5. The molecule has 6 N–H and O–H groups in total. The van der Waals surface area contributed by atoms with Gasteiger partial charge in [-0.25, -0.2) is 9.59 Å².